The van der Waals surface area contributed by atoms with Crippen molar-refractivity contribution in [3.63, 3.8) is 0 Å². The molecule has 0 aromatic rings. The van der Waals surface area contributed by atoms with Gasteiger partial charge in [0.1, 0.15) is 5.78 Å². The molecule has 146 valence electrons. The lowest BCUT2D eigenvalue weighted by molar-refractivity contribution is -0.320. The average Bonchev–Trinajstić information content (AvgIpc) is 2.54. The molecule has 0 saturated heterocycles. The molecule has 0 rings (SSSR count). The minimum Gasteiger partial charge on any atom is -0.550 e. The predicted molar refractivity (Wildman–Crippen MR) is 93.4 cm³/mol. The summed E-state index contributed by atoms with van der Waals surface area (Å²) in [6.07, 6.45) is 8.18. The smallest absolute Gasteiger partial charge is 0.141 e. The van der Waals surface area contributed by atoms with Gasteiger partial charge in [-0.3, -0.25) is 4.79 Å². The Morgan fingerprint density at radius 1 is 0.840 bits per heavy atom. The van der Waals surface area contributed by atoms with Gasteiger partial charge in [-0.1, -0.05) is 58.8 Å². The summed E-state index contributed by atoms with van der Waals surface area (Å²) in [6.45, 7) is 5.42. The number of Topliss-reactive ketones (excluding diaryl/α,β-unsaturated/α-hetero) is 1. The molecule has 0 saturated carbocycles. The molecule has 25 heavy (non-hydrogen) atoms. The zero-order chi connectivity index (χ0) is 19.3. The highest BCUT2D eigenvalue weighted by Crippen LogP contribution is 2.40. The van der Waals surface area contributed by atoms with Crippen LogP contribution in [0.25, 0.3) is 0 Å². The highest BCUT2D eigenvalue weighted by molar-refractivity contribution is 6.01. The number of carbonyl (C=O) groups excluding carboxylic acids is 3. The number of aliphatic carboxylic acids is 2. The lowest BCUT2D eigenvalue weighted by Gasteiger charge is -2.40. The van der Waals surface area contributed by atoms with E-state index >= 15 is 0 Å². The number of hydrogen-bond acceptors (Lipinski definition) is 5. The van der Waals surface area contributed by atoms with E-state index < -0.39 is 17.4 Å². The molecule has 0 amide bonds. The monoisotopic (exact) mass is 354 g/mol. The molecule has 0 bridgehead atoms. The highest BCUT2D eigenvalue weighted by Gasteiger charge is 2.43. The van der Waals surface area contributed by atoms with Gasteiger partial charge in [0.25, 0.3) is 0 Å². The van der Waals surface area contributed by atoms with Crippen LogP contribution in [-0.2, 0) is 14.4 Å². The maximum absolute atomic E-state index is 12.3. The van der Waals surface area contributed by atoms with Gasteiger partial charge in [-0.05, 0) is 44.9 Å². The number of carboxylic acids is 2. The number of hydrogen-bond donors (Lipinski definition) is 0. The van der Waals surface area contributed by atoms with Crippen LogP contribution >= 0.6 is 0 Å². The first-order valence-corrected chi connectivity index (χ1v) is 9.75. The maximum atomic E-state index is 12.3. The molecule has 2 atom stereocenters. The molecule has 0 heterocycles. The summed E-state index contributed by atoms with van der Waals surface area (Å²) in [5.74, 6) is -2.76. The van der Waals surface area contributed by atoms with Crippen LogP contribution in [0.3, 0.4) is 0 Å². The van der Waals surface area contributed by atoms with Gasteiger partial charge in [0.15, 0.2) is 0 Å². The molecular weight excluding hydrogens is 320 g/mol. The van der Waals surface area contributed by atoms with E-state index in [-0.39, 0.29) is 18.1 Å². The number of ketones is 1. The number of rotatable bonds is 16. The van der Waals surface area contributed by atoms with Crippen LogP contribution in [0.1, 0.15) is 97.8 Å². The van der Waals surface area contributed by atoms with E-state index in [1.54, 1.807) is 0 Å². The summed E-state index contributed by atoms with van der Waals surface area (Å²) in [5.41, 5.74) is -1.38. The molecule has 0 fully saturated rings. The van der Waals surface area contributed by atoms with Crippen molar-refractivity contribution >= 4 is 17.7 Å². The third-order valence-electron chi connectivity index (χ3n) is 5.20. The lowest BCUT2D eigenvalue weighted by Crippen LogP contribution is -2.52. The maximum Gasteiger partial charge on any atom is 0.141 e. The number of unbranched alkanes of at least 4 members (excludes halogenated alkanes) is 5. The van der Waals surface area contributed by atoms with E-state index in [0.717, 1.165) is 38.5 Å². The van der Waals surface area contributed by atoms with E-state index in [1.165, 1.54) is 6.92 Å². The van der Waals surface area contributed by atoms with Crippen LogP contribution in [0, 0.1) is 11.3 Å². The van der Waals surface area contributed by atoms with E-state index in [2.05, 4.69) is 6.92 Å². The summed E-state index contributed by atoms with van der Waals surface area (Å²) < 4.78 is 0. The molecule has 0 aliphatic heterocycles. The topological polar surface area (TPSA) is 97.3 Å². The van der Waals surface area contributed by atoms with Gasteiger partial charge in [0, 0.05) is 5.97 Å². The van der Waals surface area contributed by atoms with Crippen molar-refractivity contribution in [3.05, 3.63) is 0 Å². The Hall–Kier alpha value is -1.39. The minimum atomic E-state index is -1.38. The molecule has 0 aliphatic carbocycles. The van der Waals surface area contributed by atoms with Gasteiger partial charge in [-0.15, -0.1) is 0 Å². The summed E-state index contributed by atoms with van der Waals surface area (Å²) in [5, 5.41) is 22.4. The van der Waals surface area contributed by atoms with Gasteiger partial charge in [-0.25, -0.2) is 0 Å². The standard InChI is InChI=1S/C20H36O5/c1-4-6-12-17(13-10-8-9-11-14-18(22)23)20(16(3)21,19(24)25)15-7-5-2/h17H,4-15H2,1-3H3,(H,22,23)(H,24,25)/p-2. The molecule has 0 N–H and O–H groups in total. The second kappa shape index (κ2) is 12.9. The normalized spacial score (nSPS) is 14.7. The third kappa shape index (κ3) is 8.02. The van der Waals surface area contributed by atoms with Crippen LogP contribution in [0.4, 0.5) is 0 Å². The first kappa shape index (κ1) is 23.6. The molecule has 0 radical (unpaired) electrons. The predicted octanol–water partition coefficient (Wildman–Crippen LogP) is 2.40. The number of carbonyl (C=O) groups is 3. The molecule has 0 aromatic carbocycles. The Morgan fingerprint density at radius 2 is 1.40 bits per heavy atom. The third-order valence-corrected chi connectivity index (χ3v) is 5.20. The van der Waals surface area contributed by atoms with Crippen molar-refractivity contribution in [2.75, 3.05) is 0 Å². The first-order valence-electron chi connectivity index (χ1n) is 9.75. The van der Waals surface area contributed by atoms with Gasteiger partial charge >= 0.3 is 0 Å². The lowest BCUT2D eigenvalue weighted by atomic mass is 9.65. The van der Waals surface area contributed by atoms with Crippen molar-refractivity contribution in [1.29, 1.82) is 0 Å². The van der Waals surface area contributed by atoms with E-state index in [9.17, 15) is 24.6 Å². The second-order valence-corrected chi connectivity index (χ2v) is 7.08. The quantitative estimate of drug-likeness (QED) is 0.313. The van der Waals surface area contributed by atoms with E-state index in [4.69, 9.17) is 0 Å². The molecule has 0 aromatic heterocycles. The van der Waals surface area contributed by atoms with E-state index in [0.29, 0.717) is 32.1 Å². The molecule has 0 spiro atoms. The van der Waals surface area contributed by atoms with Crippen LogP contribution < -0.4 is 10.2 Å². The van der Waals surface area contributed by atoms with Crippen molar-refractivity contribution in [3.8, 4) is 0 Å². The van der Waals surface area contributed by atoms with Crippen molar-refractivity contribution < 1.29 is 24.6 Å². The molecule has 5 nitrogen and oxygen atoms in total. The molecule has 5 heteroatoms. The summed E-state index contributed by atoms with van der Waals surface area (Å²) in [4.78, 5) is 34.7. The first-order chi connectivity index (χ1) is 11.8. The fourth-order valence-electron chi connectivity index (χ4n) is 3.64. The summed E-state index contributed by atoms with van der Waals surface area (Å²) in [6, 6.07) is 0. The fraction of sp³-hybridized carbons (Fsp3) is 0.850. The Kier molecular flexibility index (Phi) is 12.2. The van der Waals surface area contributed by atoms with Crippen LogP contribution in [0.15, 0.2) is 0 Å². The average molecular weight is 354 g/mol. The zero-order valence-corrected chi connectivity index (χ0v) is 16.1. The Bertz CT molecular complexity index is 402. The van der Waals surface area contributed by atoms with Gasteiger partial charge in [0.05, 0.1) is 11.4 Å². The SMILES string of the molecule is CCCCC(CCCCCCC(=O)[O-])C(CCCC)(C(C)=O)C(=O)[O-]. The van der Waals surface area contributed by atoms with Crippen LogP contribution in [-0.4, -0.2) is 17.7 Å². The van der Waals surface area contributed by atoms with Gasteiger partial charge < -0.3 is 19.8 Å². The number of carboxylic acid groups (broad SMARTS) is 2. The van der Waals surface area contributed by atoms with Crippen LogP contribution in [0.2, 0.25) is 0 Å². The summed E-state index contributed by atoms with van der Waals surface area (Å²) >= 11 is 0. The van der Waals surface area contributed by atoms with Crippen LogP contribution in [0.5, 0.6) is 0 Å². The van der Waals surface area contributed by atoms with Crippen molar-refractivity contribution in [2.24, 2.45) is 11.3 Å². The largest absolute Gasteiger partial charge is 0.550 e. The molecular formula is C20H34O5-2. The Morgan fingerprint density at radius 3 is 1.88 bits per heavy atom. The fourth-order valence-corrected chi connectivity index (χ4v) is 3.64. The minimum absolute atomic E-state index is 0.0617. The Labute approximate surface area is 152 Å². The molecule has 2 unspecified atom stereocenters. The van der Waals surface area contributed by atoms with Crippen molar-refractivity contribution in [1.82, 2.24) is 0 Å². The molecule has 0 aliphatic rings. The van der Waals surface area contributed by atoms with Gasteiger partial charge in [-0.2, -0.15) is 0 Å². The van der Waals surface area contributed by atoms with Gasteiger partial charge in [0.2, 0.25) is 0 Å². The second-order valence-electron chi connectivity index (χ2n) is 7.08. The Balaban J connectivity index is 4.98. The summed E-state index contributed by atoms with van der Waals surface area (Å²) in [7, 11) is 0. The van der Waals surface area contributed by atoms with E-state index in [1.807, 2.05) is 6.92 Å². The highest BCUT2D eigenvalue weighted by atomic mass is 16.4. The van der Waals surface area contributed by atoms with Crippen molar-refractivity contribution in [2.45, 2.75) is 97.8 Å². The zero-order valence-electron chi connectivity index (χ0n) is 16.1.